The quantitative estimate of drug-likeness (QED) is 0.863. The van der Waals surface area contributed by atoms with Crippen LogP contribution in [0.25, 0.3) is 0 Å². The monoisotopic (exact) mass is 248 g/mol. The highest BCUT2D eigenvalue weighted by atomic mass is 16.5. The number of hydrogen-bond donors (Lipinski definition) is 2. The summed E-state index contributed by atoms with van der Waals surface area (Å²) < 4.78 is 5.56. The van der Waals surface area contributed by atoms with E-state index in [2.05, 4.69) is 24.5 Å². The van der Waals surface area contributed by atoms with Gasteiger partial charge in [-0.05, 0) is 12.0 Å². The highest BCUT2D eigenvalue weighted by Crippen LogP contribution is 2.31. The lowest BCUT2D eigenvalue weighted by Gasteiger charge is -2.26. The average Bonchev–Trinajstić information content (AvgIpc) is 2.37. The van der Waals surface area contributed by atoms with Gasteiger partial charge in [-0.3, -0.25) is 0 Å². The highest BCUT2D eigenvalue weighted by Gasteiger charge is 2.22. The Morgan fingerprint density at radius 3 is 3.00 bits per heavy atom. The molecular weight excluding hydrogens is 228 g/mol. The van der Waals surface area contributed by atoms with Crippen LogP contribution in [0.4, 0.5) is 4.79 Å². The number of fused-ring (bicyclic) bond motifs is 1. The molecule has 98 valence electrons. The first-order valence-corrected chi connectivity index (χ1v) is 6.43. The molecule has 1 unspecified atom stereocenters. The van der Waals surface area contributed by atoms with Crippen LogP contribution in [0.5, 0.6) is 5.75 Å². The van der Waals surface area contributed by atoms with Crippen molar-refractivity contribution in [2.75, 3.05) is 13.2 Å². The summed E-state index contributed by atoms with van der Waals surface area (Å²) in [6.45, 7) is 5.48. The van der Waals surface area contributed by atoms with Gasteiger partial charge >= 0.3 is 6.03 Å². The van der Waals surface area contributed by atoms with Crippen molar-refractivity contribution in [2.24, 2.45) is 5.92 Å². The number of amides is 2. The third kappa shape index (κ3) is 3.15. The molecule has 0 spiro atoms. The lowest BCUT2D eigenvalue weighted by atomic mass is 10.0. The lowest BCUT2D eigenvalue weighted by molar-refractivity contribution is 0.222. The Kier molecular flexibility index (Phi) is 4.07. The number of rotatable bonds is 3. The molecule has 1 aliphatic rings. The Hall–Kier alpha value is -1.71. The maximum Gasteiger partial charge on any atom is 0.315 e. The minimum Gasteiger partial charge on any atom is -0.493 e. The molecule has 2 N–H and O–H groups in total. The first-order valence-electron chi connectivity index (χ1n) is 6.43. The number of benzene rings is 1. The average molecular weight is 248 g/mol. The fourth-order valence-corrected chi connectivity index (χ4v) is 2.00. The van der Waals surface area contributed by atoms with Gasteiger partial charge in [0, 0.05) is 18.5 Å². The SMILES string of the molecule is CC(C)CNC(=O)NC1CCOc2ccccc21. The van der Waals surface area contributed by atoms with E-state index in [1.54, 1.807) is 0 Å². The molecule has 1 aliphatic heterocycles. The third-order valence-electron chi connectivity index (χ3n) is 2.93. The molecule has 2 rings (SSSR count). The third-order valence-corrected chi connectivity index (χ3v) is 2.93. The van der Waals surface area contributed by atoms with E-state index < -0.39 is 0 Å². The Morgan fingerprint density at radius 1 is 1.44 bits per heavy atom. The molecule has 4 nitrogen and oxygen atoms in total. The fourth-order valence-electron chi connectivity index (χ4n) is 2.00. The van der Waals surface area contributed by atoms with Crippen LogP contribution in [0.3, 0.4) is 0 Å². The van der Waals surface area contributed by atoms with Gasteiger partial charge in [0.15, 0.2) is 0 Å². The molecule has 1 atom stereocenters. The molecule has 1 aromatic carbocycles. The summed E-state index contributed by atoms with van der Waals surface area (Å²) in [5.41, 5.74) is 1.06. The zero-order valence-corrected chi connectivity index (χ0v) is 10.9. The number of urea groups is 1. The summed E-state index contributed by atoms with van der Waals surface area (Å²) in [5, 5.41) is 5.87. The van der Waals surface area contributed by atoms with Crippen LogP contribution in [-0.2, 0) is 0 Å². The lowest BCUT2D eigenvalue weighted by Crippen LogP contribution is -2.40. The van der Waals surface area contributed by atoms with Crippen LogP contribution in [0.15, 0.2) is 24.3 Å². The van der Waals surface area contributed by atoms with Crippen molar-refractivity contribution < 1.29 is 9.53 Å². The first kappa shape index (κ1) is 12.7. The highest BCUT2D eigenvalue weighted by molar-refractivity contribution is 5.74. The molecule has 2 amide bonds. The molecule has 0 aromatic heterocycles. The minimum absolute atomic E-state index is 0.0436. The van der Waals surface area contributed by atoms with Gasteiger partial charge in [-0.15, -0.1) is 0 Å². The van der Waals surface area contributed by atoms with Crippen molar-refractivity contribution in [3.63, 3.8) is 0 Å². The van der Waals surface area contributed by atoms with Crippen molar-refractivity contribution >= 4 is 6.03 Å². The Balaban J connectivity index is 1.96. The van der Waals surface area contributed by atoms with Crippen LogP contribution in [0.1, 0.15) is 31.9 Å². The summed E-state index contributed by atoms with van der Waals surface area (Å²) in [6.07, 6.45) is 0.812. The predicted molar refractivity (Wildman–Crippen MR) is 70.7 cm³/mol. The fraction of sp³-hybridized carbons (Fsp3) is 0.500. The summed E-state index contributed by atoms with van der Waals surface area (Å²) in [5.74, 6) is 1.33. The topological polar surface area (TPSA) is 50.4 Å². The van der Waals surface area contributed by atoms with Gasteiger partial charge in [-0.1, -0.05) is 32.0 Å². The molecule has 0 bridgehead atoms. The van der Waals surface area contributed by atoms with Crippen LogP contribution < -0.4 is 15.4 Å². The Bertz CT molecular complexity index is 418. The van der Waals surface area contributed by atoms with Gasteiger partial charge in [0.1, 0.15) is 5.75 Å². The van der Waals surface area contributed by atoms with Crippen molar-refractivity contribution in [1.29, 1.82) is 0 Å². The van der Waals surface area contributed by atoms with Gasteiger partial charge in [0.25, 0.3) is 0 Å². The summed E-state index contributed by atoms with van der Waals surface area (Å²) in [4.78, 5) is 11.8. The normalized spacial score (nSPS) is 17.8. The second kappa shape index (κ2) is 5.76. The van der Waals surface area contributed by atoms with E-state index >= 15 is 0 Å². The standard InChI is InChI=1S/C14H20N2O2/c1-10(2)9-15-14(17)16-12-7-8-18-13-6-4-3-5-11(12)13/h3-6,10,12H,7-9H2,1-2H3,(H2,15,16,17). The summed E-state index contributed by atoms with van der Waals surface area (Å²) >= 11 is 0. The van der Waals surface area contributed by atoms with Crippen molar-refractivity contribution in [2.45, 2.75) is 26.3 Å². The van der Waals surface area contributed by atoms with Crippen molar-refractivity contribution in [1.82, 2.24) is 10.6 Å². The zero-order valence-electron chi connectivity index (χ0n) is 10.9. The number of nitrogens with one attached hydrogen (secondary N) is 2. The number of para-hydroxylation sites is 1. The van der Waals surface area contributed by atoms with Crippen molar-refractivity contribution in [3.05, 3.63) is 29.8 Å². The van der Waals surface area contributed by atoms with Gasteiger partial charge in [-0.2, -0.15) is 0 Å². The largest absolute Gasteiger partial charge is 0.493 e. The number of carbonyl (C=O) groups is 1. The molecule has 1 heterocycles. The van der Waals surface area contributed by atoms with Crippen LogP contribution >= 0.6 is 0 Å². The van der Waals surface area contributed by atoms with E-state index in [4.69, 9.17) is 4.74 Å². The van der Waals surface area contributed by atoms with Gasteiger partial charge < -0.3 is 15.4 Å². The first-order chi connectivity index (χ1) is 8.66. The molecular formula is C14H20N2O2. The van der Waals surface area contributed by atoms with Gasteiger partial charge in [-0.25, -0.2) is 4.79 Å². The predicted octanol–water partition coefficient (Wildman–Crippen LogP) is 2.47. The van der Waals surface area contributed by atoms with E-state index in [-0.39, 0.29) is 12.1 Å². The molecule has 0 aliphatic carbocycles. The summed E-state index contributed by atoms with van der Waals surface area (Å²) in [6, 6.07) is 7.79. The Labute approximate surface area is 108 Å². The van der Waals surface area contributed by atoms with Crippen LogP contribution in [-0.4, -0.2) is 19.2 Å². The van der Waals surface area contributed by atoms with E-state index in [0.29, 0.717) is 19.1 Å². The van der Waals surface area contributed by atoms with E-state index in [0.717, 1.165) is 17.7 Å². The molecule has 1 aromatic rings. The second-order valence-electron chi connectivity index (χ2n) is 4.98. The molecule has 0 saturated heterocycles. The van der Waals surface area contributed by atoms with E-state index in [9.17, 15) is 4.79 Å². The zero-order chi connectivity index (χ0) is 13.0. The Morgan fingerprint density at radius 2 is 2.22 bits per heavy atom. The smallest absolute Gasteiger partial charge is 0.315 e. The summed E-state index contributed by atoms with van der Waals surface area (Å²) in [7, 11) is 0. The van der Waals surface area contributed by atoms with Crippen LogP contribution in [0, 0.1) is 5.92 Å². The van der Waals surface area contributed by atoms with Gasteiger partial charge in [0.05, 0.1) is 12.6 Å². The molecule has 0 radical (unpaired) electrons. The van der Waals surface area contributed by atoms with Crippen LogP contribution in [0.2, 0.25) is 0 Å². The maximum atomic E-state index is 11.8. The molecule has 0 saturated carbocycles. The van der Waals surface area contributed by atoms with Gasteiger partial charge in [0.2, 0.25) is 0 Å². The number of carbonyl (C=O) groups excluding carboxylic acids is 1. The van der Waals surface area contributed by atoms with Crippen molar-refractivity contribution in [3.8, 4) is 5.75 Å². The van der Waals surface area contributed by atoms with E-state index in [1.807, 2.05) is 24.3 Å². The second-order valence-corrected chi connectivity index (χ2v) is 4.98. The van der Waals surface area contributed by atoms with E-state index in [1.165, 1.54) is 0 Å². The molecule has 4 heteroatoms. The maximum absolute atomic E-state index is 11.8. The number of hydrogen-bond acceptors (Lipinski definition) is 2. The molecule has 0 fully saturated rings. The minimum atomic E-state index is -0.106. The number of ether oxygens (including phenoxy) is 1. The molecule has 18 heavy (non-hydrogen) atoms.